The minimum Gasteiger partial charge on any atom is -0.497 e. The van der Waals surface area contributed by atoms with Crippen LogP contribution in [0.3, 0.4) is 0 Å². The Kier molecular flexibility index (Phi) is 10.8. The van der Waals surface area contributed by atoms with Gasteiger partial charge in [0, 0.05) is 24.9 Å². The summed E-state index contributed by atoms with van der Waals surface area (Å²) in [5, 5.41) is 10.7. The third-order valence-electron chi connectivity index (χ3n) is 8.38. The number of rotatable bonds is 14. The lowest BCUT2D eigenvalue weighted by Gasteiger charge is -2.44. The SMILES string of the molecule is COc1ccc(C(OCC2(CO)CCN(C(=O)CCCCCN)CC2)(c2ccccc2)c2ccc(OC)cc2)cc1. The molecule has 220 valence electrons. The van der Waals surface area contributed by atoms with Crippen molar-refractivity contribution in [1.82, 2.24) is 4.90 Å². The van der Waals surface area contributed by atoms with Crippen LogP contribution in [0.2, 0.25) is 0 Å². The molecule has 41 heavy (non-hydrogen) atoms. The Morgan fingerprint density at radius 3 is 1.85 bits per heavy atom. The van der Waals surface area contributed by atoms with Gasteiger partial charge >= 0.3 is 0 Å². The molecule has 7 nitrogen and oxygen atoms in total. The number of aliphatic hydroxyl groups excluding tert-OH is 1. The zero-order chi connectivity index (χ0) is 29.1. The molecule has 7 heteroatoms. The average molecular weight is 561 g/mol. The molecule has 1 saturated heterocycles. The zero-order valence-electron chi connectivity index (χ0n) is 24.4. The first-order chi connectivity index (χ1) is 20.0. The summed E-state index contributed by atoms with van der Waals surface area (Å²) < 4.78 is 18.0. The highest BCUT2D eigenvalue weighted by Gasteiger charge is 2.43. The molecule has 0 spiro atoms. The van der Waals surface area contributed by atoms with Gasteiger partial charge in [0.2, 0.25) is 5.91 Å². The van der Waals surface area contributed by atoms with E-state index in [2.05, 4.69) is 12.1 Å². The molecule has 0 aromatic heterocycles. The number of hydrogen-bond acceptors (Lipinski definition) is 6. The second-order valence-electron chi connectivity index (χ2n) is 10.9. The molecule has 3 N–H and O–H groups in total. The zero-order valence-corrected chi connectivity index (χ0v) is 24.4. The molecule has 0 aliphatic carbocycles. The van der Waals surface area contributed by atoms with Crippen molar-refractivity contribution in [2.24, 2.45) is 11.1 Å². The van der Waals surface area contributed by atoms with E-state index in [4.69, 9.17) is 19.9 Å². The van der Waals surface area contributed by atoms with Crippen LogP contribution in [0.1, 0.15) is 55.2 Å². The summed E-state index contributed by atoms with van der Waals surface area (Å²) in [4.78, 5) is 14.8. The monoisotopic (exact) mass is 560 g/mol. The van der Waals surface area contributed by atoms with E-state index in [0.29, 0.717) is 45.5 Å². The van der Waals surface area contributed by atoms with Gasteiger partial charge in [-0.25, -0.2) is 0 Å². The van der Waals surface area contributed by atoms with Crippen molar-refractivity contribution in [3.63, 3.8) is 0 Å². The van der Waals surface area contributed by atoms with Crippen molar-refractivity contribution in [2.75, 3.05) is 47.1 Å². The van der Waals surface area contributed by atoms with Crippen molar-refractivity contribution in [1.29, 1.82) is 0 Å². The lowest BCUT2D eigenvalue weighted by Crippen LogP contribution is -2.48. The average Bonchev–Trinajstić information content (AvgIpc) is 3.04. The van der Waals surface area contributed by atoms with E-state index in [0.717, 1.165) is 47.5 Å². The highest BCUT2D eigenvalue weighted by Crippen LogP contribution is 2.44. The highest BCUT2D eigenvalue weighted by molar-refractivity contribution is 5.76. The van der Waals surface area contributed by atoms with Crippen LogP contribution in [0.5, 0.6) is 11.5 Å². The smallest absolute Gasteiger partial charge is 0.222 e. The Hall–Kier alpha value is -3.39. The van der Waals surface area contributed by atoms with E-state index in [1.165, 1.54) is 0 Å². The quantitative estimate of drug-likeness (QED) is 0.210. The molecule has 1 heterocycles. The van der Waals surface area contributed by atoms with Gasteiger partial charge in [0.25, 0.3) is 0 Å². The van der Waals surface area contributed by atoms with E-state index in [9.17, 15) is 9.90 Å². The van der Waals surface area contributed by atoms with Gasteiger partial charge in [0.05, 0.1) is 27.4 Å². The second kappa shape index (κ2) is 14.5. The molecule has 3 aromatic carbocycles. The highest BCUT2D eigenvalue weighted by atomic mass is 16.5. The molecule has 0 atom stereocenters. The molecule has 0 saturated carbocycles. The predicted molar refractivity (Wildman–Crippen MR) is 161 cm³/mol. The Balaban J connectivity index is 1.64. The first-order valence-electron chi connectivity index (χ1n) is 14.6. The van der Waals surface area contributed by atoms with Gasteiger partial charge in [-0.3, -0.25) is 4.79 Å². The van der Waals surface area contributed by atoms with Crippen LogP contribution in [0, 0.1) is 5.41 Å². The van der Waals surface area contributed by atoms with Crippen molar-refractivity contribution >= 4 is 5.91 Å². The number of amides is 1. The molecule has 1 aliphatic rings. The first-order valence-corrected chi connectivity index (χ1v) is 14.6. The Morgan fingerprint density at radius 1 is 0.829 bits per heavy atom. The summed E-state index contributed by atoms with van der Waals surface area (Å²) in [7, 11) is 3.31. The number of piperidine rings is 1. The molecule has 1 amide bonds. The van der Waals surface area contributed by atoms with Crippen molar-refractivity contribution in [3.05, 3.63) is 95.6 Å². The maximum absolute atomic E-state index is 12.8. The van der Waals surface area contributed by atoms with Crippen LogP contribution >= 0.6 is 0 Å². The van der Waals surface area contributed by atoms with Crippen molar-refractivity contribution in [3.8, 4) is 11.5 Å². The summed E-state index contributed by atoms with van der Waals surface area (Å²) in [6, 6.07) is 26.1. The first kappa shape index (κ1) is 30.6. The van der Waals surface area contributed by atoms with Gasteiger partial charge in [-0.2, -0.15) is 0 Å². The number of likely N-dealkylation sites (tertiary alicyclic amines) is 1. The number of ether oxygens (including phenoxy) is 3. The summed E-state index contributed by atoms with van der Waals surface area (Å²) in [6.07, 6.45) is 4.69. The normalized spacial score (nSPS) is 15.0. The Bertz CT molecular complexity index is 1160. The molecule has 1 aliphatic heterocycles. The van der Waals surface area contributed by atoms with Gasteiger partial charge in [0.15, 0.2) is 0 Å². The topological polar surface area (TPSA) is 94.2 Å². The van der Waals surface area contributed by atoms with Crippen LogP contribution in [0.25, 0.3) is 0 Å². The van der Waals surface area contributed by atoms with Crippen LogP contribution in [0.15, 0.2) is 78.9 Å². The van der Waals surface area contributed by atoms with E-state index in [1.54, 1.807) is 14.2 Å². The summed E-state index contributed by atoms with van der Waals surface area (Å²) in [5.74, 6) is 1.71. The minimum absolute atomic E-state index is 0.0123. The largest absolute Gasteiger partial charge is 0.497 e. The Morgan fingerprint density at radius 2 is 1.37 bits per heavy atom. The number of carbonyl (C=O) groups excluding carboxylic acids is 1. The fourth-order valence-electron chi connectivity index (χ4n) is 5.67. The van der Waals surface area contributed by atoms with Crippen molar-refractivity contribution in [2.45, 2.75) is 44.1 Å². The molecule has 0 unspecified atom stereocenters. The molecule has 1 fully saturated rings. The van der Waals surface area contributed by atoms with Gasteiger partial charge < -0.3 is 30.0 Å². The van der Waals surface area contributed by atoms with Gasteiger partial charge in [-0.05, 0) is 73.2 Å². The predicted octanol–water partition coefficient (Wildman–Crippen LogP) is 5.13. The maximum Gasteiger partial charge on any atom is 0.222 e. The second-order valence-corrected chi connectivity index (χ2v) is 10.9. The van der Waals surface area contributed by atoms with Gasteiger partial charge in [0.1, 0.15) is 17.1 Å². The summed E-state index contributed by atoms with van der Waals surface area (Å²) in [6.45, 7) is 2.21. The number of nitrogens with zero attached hydrogens (tertiary/aromatic N) is 1. The van der Waals surface area contributed by atoms with E-state index in [-0.39, 0.29) is 12.5 Å². The number of unbranched alkanes of at least 4 members (excludes halogenated alkanes) is 2. The molecular weight excluding hydrogens is 516 g/mol. The van der Waals surface area contributed by atoms with Crippen LogP contribution in [-0.4, -0.2) is 63.0 Å². The standard InChI is InChI=1S/C34H44N2O5/c1-39-30-16-12-28(13-17-30)34(27-9-5-3-6-10-27,29-14-18-31(40-2)19-15-29)41-26-33(25-37)20-23-36(24-21-33)32(38)11-7-4-8-22-35/h3,5-6,9-10,12-19,37H,4,7-8,11,20-26,35H2,1-2H3. The Labute approximate surface area is 244 Å². The van der Waals surface area contributed by atoms with Crippen LogP contribution < -0.4 is 15.2 Å². The fraction of sp³-hybridized carbons (Fsp3) is 0.441. The summed E-state index contributed by atoms with van der Waals surface area (Å²) in [5.41, 5.74) is 7.06. The fourth-order valence-corrected chi connectivity index (χ4v) is 5.67. The third-order valence-corrected chi connectivity index (χ3v) is 8.38. The van der Waals surface area contributed by atoms with Gasteiger partial charge in [-0.1, -0.05) is 61.0 Å². The third kappa shape index (κ3) is 7.10. The maximum atomic E-state index is 12.8. The molecule has 3 aromatic rings. The number of methoxy groups -OCH3 is 2. The van der Waals surface area contributed by atoms with Crippen molar-refractivity contribution < 1.29 is 24.1 Å². The van der Waals surface area contributed by atoms with E-state index in [1.807, 2.05) is 71.6 Å². The molecular formula is C34H44N2O5. The van der Waals surface area contributed by atoms with E-state index < -0.39 is 11.0 Å². The number of benzene rings is 3. The number of carbonyl (C=O) groups is 1. The van der Waals surface area contributed by atoms with E-state index >= 15 is 0 Å². The molecule has 0 radical (unpaired) electrons. The molecule has 4 rings (SSSR count). The lowest BCUT2D eigenvalue weighted by atomic mass is 9.77. The number of aliphatic hydroxyl groups is 1. The summed E-state index contributed by atoms with van der Waals surface area (Å²) >= 11 is 0. The molecule has 0 bridgehead atoms. The lowest BCUT2D eigenvalue weighted by molar-refractivity contribution is -0.137. The van der Waals surface area contributed by atoms with Gasteiger partial charge in [-0.15, -0.1) is 0 Å². The van der Waals surface area contributed by atoms with Crippen LogP contribution in [0.4, 0.5) is 0 Å². The number of hydrogen-bond donors (Lipinski definition) is 2. The minimum atomic E-state index is -0.947. The van der Waals surface area contributed by atoms with Crippen LogP contribution in [-0.2, 0) is 15.1 Å². The number of nitrogens with two attached hydrogens (primary N) is 1.